The van der Waals surface area contributed by atoms with Gasteiger partial charge in [0, 0.05) is 0 Å². The third-order valence-electron chi connectivity index (χ3n) is 0.586. The van der Waals surface area contributed by atoms with E-state index >= 15 is 0 Å². The maximum absolute atomic E-state index is 2.99. The van der Waals surface area contributed by atoms with Crippen LogP contribution in [0.5, 0.6) is 0 Å². The molecule has 0 atom stereocenters. The molecule has 0 saturated carbocycles. The number of hydrogen-bond acceptors (Lipinski definition) is 0. The van der Waals surface area contributed by atoms with Gasteiger partial charge in [-0.2, -0.15) is 6.08 Å². The Hall–Kier alpha value is 0.153. The van der Waals surface area contributed by atoms with Crippen LogP contribution >= 0.6 is 0 Å². The zero-order valence-corrected chi connectivity index (χ0v) is 7.03. The number of halogens is 3. The van der Waals surface area contributed by atoms with Gasteiger partial charge in [-0.15, -0.1) is 6.42 Å². The quantitative estimate of drug-likeness (QED) is 0.351. The monoisotopic (exact) mass is 212 g/mol. The van der Waals surface area contributed by atoms with Gasteiger partial charge in [0.15, 0.2) is 0 Å². The Labute approximate surface area is 71.2 Å². The van der Waals surface area contributed by atoms with Crippen molar-refractivity contribution in [2.45, 2.75) is 6.42 Å². The van der Waals surface area contributed by atoms with Crippen molar-refractivity contribution < 1.29 is 40.3 Å². The predicted octanol–water partition coefficient (Wildman–Crippen LogP) is -7.68. The Morgan fingerprint density at radius 1 is 1.11 bits per heavy atom. The summed E-state index contributed by atoms with van der Waals surface area (Å²) in [6.45, 7) is 0. The third kappa shape index (κ3) is 11.6. The average molecular weight is 213 g/mol. The van der Waals surface area contributed by atoms with E-state index in [1.165, 1.54) is 0 Å². The molecule has 50 valence electrons. The molecule has 0 aliphatic heterocycles. The summed E-state index contributed by atoms with van der Waals surface area (Å²) in [6, 6.07) is 0. The number of allylic oxidation sites excluding steroid dienone is 4. The van der Waals surface area contributed by atoms with E-state index < -0.39 is 0 Å². The van der Waals surface area contributed by atoms with E-state index in [1.807, 2.05) is 12.2 Å². The fourth-order valence-corrected chi connectivity index (χ4v) is 0.340. The molecule has 0 bridgehead atoms. The molecule has 1 aliphatic rings. The topological polar surface area (TPSA) is 0 Å². The minimum Gasteiger partial charge on any atom is -1.00 e. The van der Waals surface area contributed by atoms with Crippen LogP contribution in [0.4, 0.5) is 0 Å². The predicted molar refractivity (Wildman–Crippen MR) is 21.6 cm³/mol. The van der Waals surface area contributed by atoms with E-state index in [1.54, 1.807) is 0 Å². The van der Waals surface area contributed by atoms with Crippen LogP contribution in [0.15, 0.2) is 18.2 Å². The van der Waals surface area contributed by atoms with Gasteiger partial charge in [-0.25, -0.2) is 12.2 Å². The molecule has 0 nitrogen and oxygen atoms in total. The molecule has 1 aliphatic carbocycles. The molecule has 0 radical (unpaired) electrons. The summed E-state index contributed by atoms with van der Waals surface area (Å²) >= 11 is 0. The smallest absolute Gasteiger partial charge is 1.00 e. The van der Waals surface area contributed by atoms with Crippen molar-refractivity contribution in [3.8, 4) is 0 Å². The van der Waals surface area contributed by atoms with Crippen LogP contribution in [-0.4, -0.2) is 0 Å². The van der Waals surface area contributed by atoms with E-state index in [-0.39, 0.29) is 40.3 Å². The van der Waals surface area contributed by atoms with Gasteiger partial charge in [-0.3, -0.25) is 6.08 Å². The summed E-state index contributed by atoms with van der Waals surface area (Å²) in [5.41, 5.74) is 0. The summed E-state index contributed by atoms with van der Waals surface area (Å²) in [6.07, 6.45) is 10.0. The van der Waals surface area contributed by atoms with Crippen LogP contribution in [0.3, 0.4) is 0 Å². The van der Waals surface area contributed by atoms with Gasteiger partial charge in [-0.05, 0) is 0 Å². The fourth-order valence-electron chi connectivity index (χ4n) is 0.340. The molecule has 1 rings (SSSR count). The summed E-state index contributed by atoms with van der Waals surface area (Å²) in [5, 5.41) is 0. The number of rotatable bonds is 0. The first-order chi connectivity index (χ1) is 2.50. The second kappa shape index (κ2) is 15.7. The van der Waals surface area contributed by atoms with Crippen LogP contribution < -0.4 is 14.1 Å². The standard InChI is InChI=1S/C5H5.3FH.Zr/c1-2-4-5-3-1;;;;/h1-3H,4H2;3*1H;/q-1;;;;+4/p-3. The van der Waals surface area contributed by atoms with Crippen molar-refractivity contribution in [2.75, 3.05) is 0 Å². The van der Waals surface area contributed by atoms with Gasteiger partial charge < -0.3 is 14.1 Å². The normalized spacial score (nSPS) is 9.78. The van der Waals surface area contributed by atoms with Crippen LogP contribution in [-0.2, 0) is 26.2 Å². The molecule has 0 aromatic rings. The van der Waals surface area contributed by atoms with Gasteiger partial charge in [-0.1, -0.05) is 0 Å². The van der Waals surface area contributed by atoms with Crippen molar-refractivity contribution >= 4 is 0 Å². The van der Waals surface area contributed by atoms with Crippen molar-refractivity contribution in [1.29, 1.82) is 0 Å². The SMILES string of the molecule is [C-]1=CC=CC1.[F-].[F-].[F-].[Zr+4]. The minimum absolute atomic E-state index is 0. The molecule has 0 fully saturated rings. The molecule has 4 heteroatoms. The summed E-state index contributed by atoms with van der Waals surface area (Å²) in [4.78, 5) is 0. The Morgan fingerprint density at radius 2 is 1.67 bits per heavy atom. The van der Waals surface area contributed by atoms with Crippen molar-refractivity contribution in [3.05, 3.63) is 24.3 Å². The molecule has 0 saturated heterocycles. The Kier molecular flexibility index (Phi) is 40.0. The first-order valence-electron chi connectivity index (χ1n) is 1.72. The summed E-state index contributed by atoms with van der Waals surface area (Å²) in [5.74, 6) is 0. The summed E-state index contributed by atoms with van der Waals surface area (Å²) in [7, 11) is 0. The zero-order chi connectivity index (χ0) is 3.54. The fraction of sp³-hybridized carbons (Fsp3) is 0.200. The van der Waals surface area contributed by atoms with Gasteiger partial charge in [0.1, 0.15) is 0 Å². The molecule has 0 aromatic carbocycles. The van der Waals surface area contributed by atoms with Gasteiger partial charge in [0.05, 0.1) is 0 Å². The van der Waals surface area contributed by atoms with Gasteiger partial charge >= 0.3 is 26.2 Å². The van der Waals surface area contributed by atoms with Crippen molar-refractivity contribution in [3.63, 3.8) is 0 Å². The maximum atomic E-state index is 2.99. The van der Waals surface area contributed by atoms with Gasteiger partial charge in [0.2, 0.25) is 0 Å². The minimum atomic E-state index is 0. The van der Waals surface area contributed by atoms with Crippen molar-refractivity contribution in [2.24, 2.45) is 0 Å². The van der Waals surface area contributed by atoms with E-state index in [4.69, 9.17) is 0 Å². The van der Waals surface area contributed by atoms with E-state index in [0.29, 0.717) is 0 Å². The van der Waals surface area contributed by atoms with E-state index in [2.05, 4.69) is 12.2 Å². The Bertz CT molecular complexity index is 70.3. The molecule has 0 N–H and O–H groups in total. The van der Waals surface area contributed by atoms with Crippen LogP contribution in [0, 0.1) is 6.08 Å². The molecule has 0 amide bonds. The molecular formula is C5H5F3Zr. The zero-order valence-electron chi connectivity index (χ0n) is 4.57. The summed E-state index contributed by atoms with van der Waals surface area (Å²) < 4.78 is 0. The molecule has 0 aromatic heterocycles. The largest absolute Gasteiger partial charge is 4.00 e. The van der Waals surface area contributed by atoms with Crippen molar-refractivity contribution in [1.82, 2.24) is 0 Å². The Morgan fingerprint density at radius 3 is 1.78 bits per heavy atom. The van der Waals surface area contributed by atoms with Crippen LogP contribution in [0.2, 0.25) is 0 Å². The maximum Gasteiger partial charge on any atom is 4.00 e. The molecule has 9 heavy (non-hydrogen) atoms. The molecule has 0 heterocycles. The molecular weight excluding hydrogens is 208 g/mol. The first kappa shape index (κ1) is 22.9. The van der Waals surface area contributed by atoms with Gasteiger partial charge in [0.25, 0.3) is 0 Å². The van der Waals surface area contributed by atoms with E-state index in [9.17, 15) is 0 Å². The molecule has 0 unspecified atom stereocenters. The van der Waals surface area contributed by atoms with Crippen LogP contribution in [0.1, 0.15) is 6.42 Å². The van der Waals surface area contributed by atoms with Crippen LogP contribution in [0.25, 0.3) is 0 Å². The third-order valence-corrected chi connectivity index (χ3v) is 0.586. The first-order valence-corrected chi connectivity index (χ1v) is 1.72. The second-order valence-corrected chi connectivity index (χ2v) is 1.00. The second-order valence-electron chi connectivity index (χ2n) is 1.00. The van der Waals surface area contributed by atoms with E-state index in [0.717, 1.165) is 6.42 Å². The Balaban J connectivity index is -0.0000000312. The average Bonchev–Trinajstić information content (AvgIpc) is 1.76. The molecule has 0 spiro atoms. The number of hydrogen-bond donors (Lipinski definition) is 0.